The number of benzene rings is 2. The molecule has 5 rings (SSSR count). The first-order valence-corrected chi connectivity index (χ1v) is 12.9. The van der Waals surface area contributed by atoms with Crippen molar-refractivity contribution in [3.05, 3.63) is 59.0 Å². The molecule has 1 amide bonds. The van der Waals surface area contributed by atoms with Crippen LogP contribution in [0.4, 0.5) is 4.39 Å². The minimum Gasteiger partial charge on any atom is -0.490 e. The minimum atomic E-state index is -0.398. The average Bonchev–Trinajstić information content (AvgIpc) is 3.17. The first-order chi connectivity index (χ1) is 16.0. The fourth-order valence-corrected chi connectivity index (χ4v) is 5.81. The van der Waals surface area contributed by atoms with Gasteiger partial charge in [0, 0.05) is 45.2 Å². The molecule has 2 aromatic carbocycles. The monoisotopic (exact) mass is 467 g/mol. The number of hydrogen-bond acceptors (Lipinski definition) is 4. The number of carbonyl (C=O) groups excluding carboxylic acids is 1. The zero-order valence-corrected chi connectivity index (χ0v) is 19.7. The van der Waals surface area contributed by atoms with Gasteiger partial charge in [0.1, 0.15) is 18.2 Å². The highest BCUT2D eigenvalue weighted by molar-refractivity contribution is 7.98. The fourth-order valence-electron chi connectivity index (χ4n) is 5.24. The van der Waals surface area contributed by atoms with Gasteiger partial charge in [-0.15, -0.1) is 11.8 Å². The maximum absolute atomic E-state index is 13.7. The van der Waals surface area contributed by atoms with E-state index >= 15 is 0 Å². The summed E-state index contributed by atoms with van der Waals surface area (Å²) >= 11 is 1.63. The van der Waals surface area contributed by atoms with Crippen LogP contribution in [0.2, 0.25) is 0 Å². The van der Waals surface area contributed by atoms with Crippen LogP contribution in [0.1, 0.15) is 47.2 Å². The van der Waals surface area contributed by atoms with Crippen molar-refractivity contribution < 1.29 is 13.9 Å². The van der Waals surface area contributed by atoms with E-state index in [1.54, 1.807) is 23.9 Å². The molecule has 0 radical (unpaired) electrons. The first kappa shape index (κ1) is 22.3. The number of aromatic nitrogens is 1. The summed E-state index contributed by atoms with van der Waals surface area (Å²) in [4.78, 5) is 19.0. The quantitative estimate of drug-likeness (QED) is 0.462. The normalized spacial score (nSPS) is 18.2. The van der Waals surface area contributed by atoms with Crippen molar-refractivity contribution in [2.45, 2.75) is 55.5 Å². The zero-order valence-electron chi connectivity index (χ0n) is 18.9. The van der Waals surface area contributed by atoms with Gasteiger partial charge in [0.2, 0.25) is 5.91 Å². The molecule has 2 heterocycles. The smallest absolute Gasteiger partial charge is 0.249 e. The molecule has 1 aliphatic carbocycles. The molecular weight excluding hydrogens is 437 g/mol. The Morgan fingerprint density at radius 1 is 1.27 bits per heavy atom. The van der Waals surface area contributed by atoms with E-state index in [4.69, 9.17) is 10.5 Å². The van der Waals surface area contributed by atoms with E-state index < -0.39 is 5.91 Å². The second kappa shape index (κ2) is 9.39. The molecule has 7 heteroatoms. The van der Waals surface area contributed by atoms with Gasteiger partial charge >= 0.3 is 0 Å². The van der Waals surface area contributed by atoms with E-state index in [0.29, 0.717) is 18.2 Å². The Bertz CT molecular complexity index is 1170. The van der Waals surface area contributed by atoms with E-state index in [0.717, 1.165) is 58.5 Å². The Hall–Kier alpha value is -2.51. The van der Waals surface area contributed by atoms with E-state index in [9.17, 15) is 9.18 Å². The summed E-state index contributed by atoms with van der Waals surface area (Å²) in [7, 11) is 0. The predicted molar refractivity (Wildman–Crippen MR) is 131 cm³/mol. The lowest BCUT2D eigenvalue weighted by atomic mass is 9.87. The van der Waals surface area contributed by atoms with E-state index in [1.165, 1.54) is 25.3 Å². The Morgan fingerprint density at radius 2 is 2.12 bits per heavy atom. The molecule has 0 saturated heterocycles. The topological polar surface area (TPSA) is 71.4 Å². The highest BCUT2D eigenvalue weighted by Gasteiger charge is 2.35. The maximum Gasteiger partial charge on any atom is 0.249 e. The van der Waals surface area contributed by atoms with Crippen molar-refractivity contribution in [3.8, 4) is 5.75 Å². The number of nitrogens with two attached hydrogens (primary N) is 1. The van der Waals surface area contributed by atoms with Crippen molar-refractivity contribution in [3.63, 3.8) is 0 Å². The van der Waals surface area contributed by atoms with Crippen molar-refractivity contribution in [2.75, 3.05) is 19.4 Å². The molecule has 0 bridgehead atoms. The number of H-pyrrole nitrogens is 1. The number of aryl methyl sites for hydroxylation is 1. The van der Waals surface area contributed by atoms with Crippen LogP contribution in [-0.4, -0.2) is 47.3 Å². The Kier molecular flexibility index (Phi) is 6.34. The van der Waals surface area contributed by atoms with Gasteiger partial charge in [-0.2, -0.15) is 0 Å². The number of ether oxygens (including phenoxy) is 1. The van der Waals surface area contributed by atoms with Crippen molar-refractivity contribution >= 4 is 28.6 Å². The van der Waals surface area contributed by atoms with Gasteiger partial charge in [0.05, 0.1) is 0 Å². The number of fused-ring (bicyclic) bond motifs is 2. The molecular formula is C26H30FN3O2S. The Labute approximate surface area is 197 Å². The molecule has 2 aliphatic rings. The van der Waals surface area contributed by atoms with Crippen LogP contribution in [0.15, 0.2) is 41.4 Å². The zero-order chi connectivity index (χ0) is 22.9. The van der Waals surface area contributed by atoms with Crippen LogP contribution >= 0.6 is 11.8 Å². The predicted octanol–water partition coefficient (Wildman–Crippen LogP) is 4.92. The van der Waals surface area contributed by atoms with Gasteiger partial charge in [-0.25, -0.2) is 4.39 Å². The molecule has 0 unspecified atom stereocenters. The summed E-state index contributed by atoms with van der Waals surface area (Å²) in [5.74, 6) is 0.224. The molecule has 174 valence electrons. The summed E-state index contributed by atoms with van der Waals surface area (Å²) in [5, 5.41) is 0.968. The molecule has 1 aromatic heterocycles. The SMILES string of the molecule is CSc1ccc(C(N)=O)c2c1OC[C@H](N(CCCc1c[nH]c3ccc(F)cc13)C1CCC1)C2. The average molecular weight is 468 g/mol. The highest BCUT2D eigenvalue weighted by atomic mass is 32.2. The third-order valence-corrected chi connectivity index (χ3v) is 7.94. The van der Waals surface area contributed by atoms with Crippen LogP contribution < -0.4 is 10.5 Å². The summed E-state index contributed by atoms with van der Waals surface area (Å²) < 4.78 is 20.0. The molecule has 0 spiro atoms. The highest BCUT2D eigenvalue weighted by Crippen LogP contribution is 2.39. The van der Waals surface area contributed by atoms with Crippen LogP contribution in [0.5, 0.6) is 5.75 Å². The van der Waals surface area contributed by atoms with Crippen LogP contribution in [0.25, 0.3) is 10.9 Å². The maximum atomic E-state index is 13.7. The molecule has 3 aromatic rings. The fraction of sp³-hybridized carbons (Fsp3) is 0.423. The molecule has 33 heavy (non-hydrogen) atoms. The molecule has 1 aliphatic heterocycles. The molecule has 3 N–H and O–H groups in total. The number of nitrogens with zero attached hydrogens (tertiary/aromatic N) is 1. The van der Waals surface area contributed by atoms with Gasteiger partial charge < -0.3 is 15.5 Å². The molecule has 1 atom stereocenters. The van der Waals surface area contributed by atoms with Crippen LogP contribution in [-0.2, 0) is 12.8 Å². The van der Waals surface area contributed by atoms with Crippen LogP contribution in [0, 0.1) is 5.82 Å². The summed E-state index contributed by atoms with van der Waals surface area (Å²) in [5.41, 5.74) is 9.34. The number of amides is 1. The van der Waals surface area contributed by atoms with E-state index in [-0.39, 0.29) is 11.9 Å². The standard InChI is InChI=1S/C26H30FN3O2S/c1-33-24-10-8-20(26(28)31)22-13-19(15-32-25(22)24)30(18-5-2-6-18)11-3-4-16-14-29-23-9-7-17(27)12-21(16)23/h7-10,12,14,18-19,29H,2-6,11,13,15H2,1H3,(H2,28,31)/t19-/m1/s1. The second-order valence-corrected chi connectivity index (χ2v) is 9.93. The van der Waals surface area contributed by atoms with Gasteiger partial charge in [-0.05, 0) is 80.8 Å². The van der Waals surface area contributed by atoms with Crippen molar-refractivity contribution in [2.24, 2.45) is 5.73 Å². The molecule has 5 nitrogen and oxygen atoms in total. The largest absolute Gasteiger partial charge is 0.490 e. The molecule has 1 fully saturated rings. The summed E-state index contributed by atoms with van der Waals surface area (Å²) in [6, 6.07) is 9.45. The van der Waals surface area contributed by atoms with Gasteiger partial charge in [0.15, 0.2) is 0 Å². The number of primary amides is 1. The Morgan fingerprint density at radius 3 is 2.85 bits per heavy atom. The minimum absolute atomic E-state index is 0.202. The number of hydrogen-bond donors (Lipinski definition) is 2. The summed E-state index contributed by atoms with van der Waals surface area (Å²) in [6.45, 7) is 1.57. The van der Waals surface area contributed by atoms with Gasteiger partial charge in [-0.3, -0.25) is 9.69 Å². The third kappa shape index (κ3) is 4.36. The van der Waals surface area contributed by atoms with Crippen molar-refractivity contribution in [1.29, 1.82) is 0 Å². The Balaban J connectivity index is 1.33. The number of aromatic amines is 1. The third-order valence-electron chi connectivity index (χ3n) is 7.17. The number of rotatable bonds is 8. The van der Waals surface area contributed by atoms with Crippen molar-refractivity contribution in [1.82, 2.24) is 9.88 Å². The lowest BCUT2D eigenvalue weighted by molar-refractivity contribution is 0.0425. The number of carbonyl (C=O) groups is 1. The van der Waals surface area contributed by atoms with E-state index in [2.05, 4.69) is 9.88 Å². The number of nitrogens with one attached hydrogen (secondary N) is 1. The first-order valence-electron chi connectivity index (χ1n) is 11.7. The van der Waals surface area contributed by atoms with E-state index in [1.807, 2.05) is 24.6 Å². The lowest BCUT2D eigenvalue weighted by Gasteiger charge is -2.44. The summed E-state index contributed by atoms with van der Waals surface area (Å²) in [6.07, 6.45) is 10.3. The number of thioether (sulfide) groups is 1. The van der Waals surface area contributed by atoms with Gasteiger partial charge in [-0.1, -0.05) is 6.42 Å². The second-order valence-electron chi connectivity index (χ2n) is 9.09. The lowest BCUT2D eigenvalue weighted by Crippen LogP contribution is -2.51. The van der Waals surface area contributed by atoms with Gasteiger partial charge in [0.25, 0.3) is 0 Å². The molecule has 1 saturated carbocycles. The number of halogens is 1. The van der Waals surface area contributed by atoms with Crippen LogP contribution in [0.3, 0.4) is 0 Å².